The second-order valence-electron chi connectivity index (χ2n) is 7.22. The van der Waals surface area contributed by atoms with E-state index >= 15 is 0 Å². The van der Waals surface area contributed by atoms with Crippen molar-refractivity contribution in [1.82, 2.24) is 5.32 Å². The molecule has 0 aromatic carbocycles. The van der Waals surface area contributed by atoms with Gasteiger partial charge in [0.25, 0.3) is 0 Å². The van der Waals surface area contributed by atoms with Crippen molar-refractivity contribution in [3.63, 3.8) is 0 Å². The standard InChI is InChI=1S/C16H31NO/c1-5-15(4)12-16(7-9-18-15)6-8-17-11-14(16)10-13(2)3/h13-14,17H,5-12H2,1-4H3. The van der Waals surface area contributed by atoms with E-state index in [0.717, 1.165) is 24.9 Å². The van der Waals surface area contributed by atoms with Crippen molar-refractivity contribution in [3.8, 4) is 0 Å². The van der Waals surface area contributed by atoms with Crippen molar-refractivity contribution in [2.75, 3.05) is 19.7 Å². The summed E-state index contributed by atoms with van der Waals surface area (Å²) in [5.41, 5.74) is 0.684. The molecule has 0 radical (unpaired) electrons. The molecule has 0 aliphatic carbocycles. The van der Waals surface area contributed by atoms with Gasteiger partial charge in [-0.25, -0.2) is 0 Å². The first-order valence-electron chi connectivity index (χ1n) is 7.84. The highest BCUT2D eigenvalue weighted by Gasteiger charge is 2.47. The van der Waals surface area contributed by atoms with Gasteiger partial charge in [0.15, 0.2) is 0 Å². The zero-order valence-corrected chi connectivity index (χ0v) is 12.7. The zero-order chi connectivity index (χ0) is 13.2. The molecule has 2 heteroatoms. The maximum Gasteiger partial charge on any atom is 0.0657 e. The summed E-state index contributed by atoms with van der Waals surface area (Å²) in [6.07, 6.45) is 6.42. The lowest BCUT2D eigenvalue weighted by Crippen LogP contribution is -2.53. The second kappa shape index (κ2) is 5.50. The number of piperidine rings is 1. The van der Waals surface area contributed by atoms with E-state index in [0.29, 0.717) is 5.41 Å². The maximum absolute atomic E-state index is 6.08. The van der Waals surface area contributed by atoms with Crippen molar-refractivity contribution in [3.05, 3.63) is 0 Å². The minimum Gasteiger partial charge on any atom is -0.375 e. The molecule has 2 saturated heterocycles. The molecule has 2 aliphatic rings. The third-order valence-corrected chi connectivity index (χ3v) is 5.34. The van der Waals surface area contributed by atoms with E-state index in [2.05, 4.69) is 33.0 Å². The quantitative estimate of drug-likeness (QED) is 0.829. The van der Waals surface area contributed by atoms with Crippen molar-refractivity contribution in [2.24, 2.45) is 17.3 Å². The van der Waals surface area contributed by atoms with Gasteiger partial charge in [0.05, 0.1) is 5.60 Å². The van der Waals surface area contributed by atoms with Crippen LogP contribution in [0.3, 0.4) is 0 Å². The molecule has 0 aromatic rings. The first kappa shape index (κ1) is 14.3. The largest absolute Gasteiger partial charge is 0.375 e. The minimum atomic E-state index is 0.130. The van der Waals surface area contributed by atoms with Crippen LogP contribution in [-0.2, 0) is 4.74 Å². The van der Waals surface area contributed by atoms with Gasteiger partial charge < -0.3 is 10.1 Å². The van der Waals surface area contributed by atoms with Crippen molar-refractivity contribution < 1.29 is 4.74 Å². The van der Waals surface area contributed by atoms with Gasteiger partial charge in [0.1, 0.15) is 0 Å². The fourth-order valence-corrected chi connectivity index (χ4v) is 4.11. The highest BCUT2D eigenvalue weighted by Crippen LogP contribution is 2.50. The van der Waals surface area contributed by atoms with Crippen LogP contribution in [-0.4, -0.2) is 25.3 Å². The Morgan fingerprint density at radius 3 is 2.78 bits per heavy atom. The summed E-state index contributed by atoms with van der Waals surface area (Å²) in [5, 5.41) is 3.62. The van der Waals surface area contributed by atoms with Gasteiger partial charge in [0.2, 0.25) is 0 Å². The molecule has 0 aromatic heterocycles. The Kier molecular flexibility index (Phi) is 4.38. The van der Waals surface area contributed by atoms with E-state index < -0.39 is 0 Å². The van der Waals surface area contributed by atoms with Crippen LogP contribution < -0.4 is 5.32 Å². The molecule has 106 valence electrons. The molecule has 0 saturated carbocycles. The predicted octanol–water partition coefficient (Wildman–Crippen LogP) is 3.61. The number of hydrogen-bond acceptors (Lipinski definition) is 2. The number of rotatable bonds is 3. The van der Waals surface area contributed by atoms with Gasteiger partial charge in [-0.1, -0.05) is 20.8 Å². The molecule has 18 heavy (non-hydrogen) atoms. The number of hydrogen-bond donors (Lipinski definition) is 1. The third kappa shape index (κ3) is 2.91. The molecule has 2 nitrogen and oxygen atoms in total. The normalized spacial score (nSPS) is 41.5. The van der Waals surface area contributed by atoms with Crippen molar-refractivity contribution >= 4 is 0 Å². The lowest BCUT2D eigenvalue weighted by Gasteiger charge is -2.53. The van der Waals surface area contributed by atoms with Crippen LogP contribution in [0.25, 0.3) is 0 Å². The maximum atomic E-state index is 6.08. The van der Waals surface area contributed by atoms with Crippen LogP contribution in [0.4, 0.5) is 0 Å². The molecule has 1 spiro atoms. The number of nitrogens with one attached hydrogen (secondary N) is 1. The molecule has 1 N–H and O–H groups in total. The second-order valence-corrected chi connectivity index (χ2v) is 7.22. The first-order chi connectivity index (χ1) is 8.50. The molecule has 3 atom stereocenters. The van der Waals surface area contributed by atoms with Crippen LogP contribution in [0, 0.1) is 17.3 Å². The Labute approximate surface area is 113 Å². The molecular formula is C16H31NO. The molecule has 2 rings (SSSR count). The summed E-state index contributed by atoms with van der Waals surface area (Å²) in [6, 6.07) is 0. The fourth-order valence-electron chi connectivity index (χ4n) is 4.11. The monoisotopic (exact) mass is 253 g/mol. The third-order valence-electron chi connectivity index (χ3n) is 5.34. The highest BCUT2D eigenvalue weighted by atomic mass is 16.5. The van der Waals surface area contributed by atoms with Crippen LogP contribution in [0.1, 0.15) is 59.8 Å². The van der Waals surface area contributed by atoms with E-state index in [-0.39, 0.29) is 5.60 Å². The van der Waals surface area contributed by atoms with Gasteiger partial charge >= 0.3 is 0 Å². The predicted molar refractivity (Wildman–Crippen MR) is 76.7 cm³/mol. The summed E-state index contributed by atoms with van der Waals surface area (Å²) < 4.78 is 6.08. The van der Waals surface area contributed by atoms with Crippen LogP contribution >= 0.6 is 0 Å². The van der Waals surface area contributed by atoms with Crippen molar-refractivity contribution in [1.29, 1.82) is 0 Å². The minimum absolute atomic E-state index is 0.130. The SMILES string of the molecule is CCC1(C)CC2(CCNCC2CC(C)C)CCO1. The summed E-state index contributed by atoms with van der Waals surface area (Å²) >= 11 is 0. The Bertz CT molecular complexity index is 274. The number of ether oxygens (including phenoxy) is 1. The van der Waals surface area contributed by atoms with E-state index in [4.69, 9.17) is 4.74 Å². The van der Waals surface area contributed by atoms with Gasteiger partial charge in [-0.05, 0) is 69.4 Å². The van der Waals surface area contributed by atoms with Gasteiger partial charge in [-0.15, -0.1) is 0 Å². The summed E-state index contributed by atoms with van der Waals surface area (Å²) in [7, 11) is 0. The van der Waals surface area contributed by atoms with E-state index in [1.54, 1.807) is 0 Å². The molecule has 3 unspecified atom stereocenters. The molecule has 2 heterocycles. The lowest BCUT2D eigenvalue weighted by atomic mass is 9.60. The Hall–Kier alpha value is -0.0800. The van der Waals surface area contributed by atoms with E-state index in [9.17, 15) is 0 Å². The fraction of sp³-hybridized carbons (Fsp3) is 1.00. The Balaban J connectivity index is 2.14. The van der Waals surface area contributed by atoms with Crippen LogP contribution in [0.2, 0.25) is 0 Å². The molecule has 2 aliphatic heterocycles. The summed E-state index contributed by atoms with van der Waals surface area (Å²) in [5.74, 6) is 1.66. The highest BCUT2D eigenvalue weighted by molar-refractivity contribution is 4.99. The van der Waals surface area contributed by atoms with E-state index in [1.807, 2.05) is 0 Å². The Morgan fingerprint density at radius 2 is 2.11 bits per heavy atom. The topological polar surface area (TPSA) is 21.3 Å². The van der Waals surface area contributed by atoms with Gasteiger partial charge in [-0.2, -0.15) is 0 Å². The lowest BCUT2D eigenvalue weighted by molar-refractivity contribution is -0.142. The zero-order valence-electron chi connectivity index (χ0n) is 12.7. The van der Waals surface area contributed by atoms with Gasteiger partial charge in [-0.3, -0.25) is 0 Å². The summed E-state index contributed by atoms with van der Waals surface area (Å²) in [4.78, 5) is 0. The Morgan fingerprint density at radius 1 is 1.33 bits per heavy atom. The average Bonchev–Trinajstić information content (AvgIpc) is 2.32. The van der Waals surface area contributed by atoms with E-state index in [1.165, 1.54) is 38.8 Å². The first-order valence-corrected chi connectivity index (χ1v) is 7.84. The van der Waals surface area contributed by atoms with Crippen LogP contribution in [0.5, 0.6) is 0 Å². The average molecular weight is 253 g/mol. The smallest absolute Gasteiger partial charge is 0.0657 e. The van der Waals surface area contributed by atoms with Crippen molar-refractivity contribution in [2.45, 2.75) is 65.4 Å². The van der Waals surface area contributed by atoms with Crippen LogP contribution in [0.15, 0.2) is 0 Å². The molecule has 2 fully saturated rings. The van der Waals surface area contributed by atoms with Gasteiger partial charge in [0, 0.05) is 6.61 Å². The molecule has 0 bridgehead atoms. The molecular weight excluding hydrogens is 222 g/mol. The summed E-state index contributed by atoms with van der Waals surface area (Å²) in [6.45, 7) is 12.7. The molecule has 0 amide bonds.